The summed E-state index contributed by atoms with van der Waals surface area (Å²) in [5.41, 5.74) is 5.28. The number of carbonyl (C=O) groups is 1. The average molecular weight is 222 g/mol. The summed E-state index contributed by atoms with van der Waals surface area (Å²) in [4.78, 5) is 18.9. The molecule has 0 radical (unpaired) electrons. The van der Waals surface area contributed by atoms with Crippen molar-refractivity contribution in [1.82, 2.24) is 15.3 Å². The molecule has 0 bridgehead atoms. The molecule has 16 heavy (non-hydrogen) atoms. The molecule has 1 aromatic rings. The lowest BCUT2D eigenvalue weighted by Crippen LogP contribution is -2.34. The van der Waals surface area contributed by atoms with Crippen LogP contribution in [0.2, 0.25) is 0 Å². The van der Waals surface area contributed by atoms with Crippen LogP contribution in [0.1, 0.15) is 23.3 Å². The van der Waals surface area contributed by atoms with Gasteiger partial charge >= 0.3 is 0 Å². The van der Waals surface area contributed by atoms with E-state index in [-0.39, 0.29) is 17.7 Å². The number of nitrogens with two attached hydrogens (primary N) is 1. The highest BCUT2D eigenvalue weighted by atomic mass is 16.5. The van der Waals surface area contributed by atoms with Crippen LogP contribution >= 0.6 is 0 Å². The minimum atomic E-state index is -0.614. The zero-order chi connectivity index (χ0) is 11.4. The van der Waals surface area contributed by atoms with Crippen molar-refractivity contribution in [2.24, 2.45) is 5.73 Å². The maximum Gasteiger partial charge on any atom is 0.272 e. The van der Waals surface area contributed by atoms with E-state index in [1.807, 2.05) is 0 Å². The van der Waals surface area contributed by atoms with Gasteiger partial charge in [0.1, 0.15) is 6.10 Å². The van der Waals surface area contributed by atoms with Crippen molar-refractivity contribution >= 4 is 5.91 Å². The lowest BCUT2D eigenvalue weighted by molar-refractivity contribution is 0.0980. The molecule has 86 valence electrons. The predicted octanol–water partition coefficient (Wildman–Crippen LogP) is -0.294. The molecule has 1 amide bonds. The van der Waals surface area contributed by atoms with Gasteiger partial charge in [-0.15, -0.1) is 0 Å². The Balaban J connectivity index is 2.10. The van der Waals surface area contributed by atoms with Crippen molar-refractivity contribution in [1.29, 1.82) is 0 Å². The van der Waals surface area contributed by atoms with E-state index in [1.165, 1.54) is 12.4 Å². The molecule has 6 heteroatoms. The molecule has 1 saturated heterocycles. The summed E-state index contributed by atoms with van der Waals surface area (Å²) in [5, 5.41) is 3.23. The van der Waals surface area contributed by atoms with Crippen LogP contribution in [0.4, 0.5) is 0 Å². The Morgan fingerprint density at radius 2 is 2.06 bits per heavy atom. The van der Waals surface area contributed by atoms with Crippen molar-refractivity contribution in [3.63, 3.8) is 0 Å². The highest BCUT2D eigenvalue weighted by Gasteiger charge is 2.19. The number of hydrogen-bond donors (Lipinski definition) is 2. The second-order valence-electron chi connectivity index (χ2n) is 3.64. The van der Waals surface area contributed by atoms with Crippen LogP contribution < -0.4 is 15.8 Å². The zero-order valence-corrected chi connectivity index (χ0v) is 8.85. The third kappa shape index (κ3) is 2.46. The maximum atomic E-state index is 11.1. The van der Waals surface area contributed by atoms with Gasteiger partial charge in [0.2, 0.25) is 5.88 Å². The first-order valence-corrected chi connectivity index (χ1v) is 5.25. The van der Waals surface area contributed by atoms with Crippen LogP contribution in [0.3, 0.4) is 0 Å². The molecule has 0 aromatic carbocycles. The second kappa shape index (κ2) is 4.89. The fourth-order valence-electron chi connectivity index (χ4n) is 1.65. The number of hydrogen-bond acceptors (Lipinski definition) is 5. The molecule has 2 heterocycles. The number of nitrogens with zero attached hydrogens (tertiary/aromatic N) is 2. The van der Waals surface area contributed by atoms with Gasteiger partial charge in [-0.2, -0.15) is 0 Å². The second-order valence-corrected chi connectivity index (χ2v) is 3.64. The minimum Gasteiger partial charge on any atom is -0.473 e. The van der Waals surface area contributed by atoms with Gasteiger partial charge < -0.3 is 15.8 Å². The molecule has 0 saturated carbocycles. The minimum absolute atomic E-state index is 0.0797. The van der Waals surface area contributed by atoms with E-state index in [4.69, 9.17) is 10.5 Å². The topological polar surface area (TPSA) is 90.1 Å². The van der Waals surface area contributed by atoms with Crippen molar-refractivity contribution in [2.45, 2.75) is 18.9 Å². The fourth-order valence-corrected chi connectivity index (χ4v) is 1.65. The molecular formula is C10H14N4O2. The number of ether oxygens (including phenoxy) is 1. The van der Waals surface area contributed by atoms with Crippen LogP contribution in [0.5, 0.6) is 5.88 Å². The predicted molar refractivity (Wildman–Crippen MR) is 57.1 cm³/mol. The van der Waals surface area contributed by atoms with E-state index in [1.54, 1.807) is 0 Å². The Morgan fingerprint density at radius 1 is 1.38 bits per heavy atom. The third-order valence-electron chi connectivity index (χ3n) is 2.46. The number of piperidine rings is 1. The number of rotatable bonds is 3. The van der Waals surface area contributed by atoms with Gasteiger partial charge in [0, 0.05) is 12.4 Å². The third-order valence-corrected chi connectivity index (χ3v) is 2.46. The summed E-state index contributed by atoms with van der Waals surface area (Å²) < 4.78 is 5.63. The zero-order valence-electron chi connectivity index (χ0n) is 8.85. The number of aromatic nitrogens is 2. The summed E-state index contributed by atoms with van der Waals surface area (Å²) in [6, 6.07) is 0. The van der Waals surface area contributed by atoms with Gasteiger partial charge in [-0.1, -0.05) is 0 Å². The highest BCUT2D eigenvalue weighted by Crippen LogP contribution is 2.16. The van der Waals surface area contributed by atoms with Gasteiger partial charge in [0.05, 0.1) is 0 Å². The van der Waals surface area contributed by atoms with E-state index >= 15 is 0 Å². The maximum absolute atomic E-state index is 11.1. The van der Waals surface area contributed by atoms with E-state index in [2.05, 4.69) is 15.3 Å². The van der Waals surface area contributed by atoms with Crippen LogP contribution in [-0.4, -0.2) is 35.1 Å². The van der Waals surface area contributed by atoms with Crippen molar-refractivity contribution in [3.05, 3.63) is 18.1 Å². The largest absolute Gasteiger partial charge is 0.473 e. The monoisotopic (exact) mass is 222 g/mol. The van der Waals surface area contributed by atoms with Gasteiger partial charge in [-0.05, 0) is 25.9 Å². The first-order valence-electron chi connectivity index (χ1n) is 5.25. The SMILES string of the molecule is NC(=O)c1nccnc1OC1CCNCC1. The van der Waals surface area contributed by atoms with E-state index in [9.17, 15) is 4.79 Å². The quantitative estimate of drug-likeness (QED) is 0.733. The van der Waals surface area contributed by atoms with Crippen molar-refractivity contribution in [3.8, 4) is 5.88 Å². The Labute approximate surface area is 93.2 Å². The molecule has 0 unspecified atom stereocenters. The Bertz CT molecular complexity index is 377. The molecule has 6 nitrogen and oxygen atoms in total. The lowest BCUT2D eigenvalue weighted by atomic mass is 10.1. The van der Waals surface area contributed by atoms with Crippen molar-refractivity contribution in [2.75, 3.05) is 13.1 Å². The van der Waals surface area contributed by atoms with Crippen LogP contribution in [-0.2, 0) is 0 Å². The average Bonchev–Trinajstić information content (AvgIpc) is 2.31. The van der Waals surface area contributed by atoms with Crippen molar-refractivity contribution < 1.29 is 9.53 Å². The van der Waals surface area contributed by atoms with Gasteiger partial charge in [-0.3, -0.25) is 4.79 Å². The molecule has 0 aliphatic carbocycles. The number of carbonyl (C=O) groups excluding carboxylic acids is 1. The summed E-state index contributed by atoms with van der Waals surface area (Å²) >= 11 is 0. The molecule has 0 atom stereocenters. The summed E-state index contributed by atoms with van der Waals surface area (Å²) in [6.07, 6.45) is 4.79. The molecule has 1 fully saturated rings. The Morgan fingerprint density at radius 3 is 2.75 bits per heavy atom. The van der Waals surface area contributed by atoms with E-state index in [0.717, 1.165) is 25.9 Å². The molecular weight excluding hydrogens is 208 g/mol. The van der Waals surface area contributed by atoms with Crippen LogP contribution in [0, 0.1) is 0 Å². The van der Waals surface area contributed by atoms with Crippen LogP contribution in [0.15, 0.2) is 12.4 Å². The molecule has 2 rings (SSSR count). The molecule has 1 aliphatic heterocycles. The summed E-state index contributed by atoms with van der Waals surface area (Å²) in [6.45, 7) is 1.83. The van der Waals surface area contributed by atoms with E-state index in [0.29, 0.717) is 0 Å². The standard InChI is InChI=1S/C10H14N4O2/c11-9(15)8-10(14-6-5-13-8)16-7-1-3-12-4-2-7/h5-7,12H,1-4H2,(H2,11,15). The van der Waals surface area contributed by atoms with E-state index < -0.39 is 5.91 Å². The molecule has 1 aliphatic rings. The van der Waals surface area contributed by atoms with Gasteiger partial charge in [0.25, 0.3) is 5.91 Å². The number of nitrogens with one attached hydrogen (secondary N) is 1. The molecule has 0 spiro atoms. The molecule has 1 aromatic heterocycles. The normalized spacial score (nSPS) is 17.0. The lowest BCUT2D eigenvalue weighted by Gasteiger charge is -2.23. The smallest absolute Gasteiger partial charge is 0.272 e. The number of primary amides is 1. The summed E-state index contributed by atoms with van der Waals surface area (Å²) in [5.74, 6) is -0.376. The van der Waals surface area contributed by atoms with Crippen LogP contribution in [0.25, 0.3) is 0 Å². The summed E-state index contributed by atoms with van der Waals surface area (Å²) in [7, 11) is 0. The highest BCUT2D eigenvalue weighted by molar-refractivity contribution is 5.92. The van der Waals surface area contributed by atoms with Gasteiger partial charge in [0.15, 0.2) is 5.69 Å². The molecule has 3 N–H and O–H groups in total. The Kier molecular flexibility index (Phi) is 3.31. The number of amides is 1. The Hall–Kier alpha value is -1.69. The van der Waals surface area contributed by atoms with Gasteiger partial charge in [-0.25, -0.2) is 9.97 Å². The fraction of sp³-hybridized carbons (Fsp3) is 0.500. The first-order chi connectivity index (χ1) is 7.77. The first kappa shape index (κ1) is 10.8.